The van der Waals surface area contributed by atoms with E-state index < -0.39 is 0 Å². The van der Waals surface area contributed by atoms with E-state index >= 15 is 0 Å². The van der Waals surface area contributed by atoms with Gasteiger partial charge in [0.25, 0.3) is 0 Å². The lowest BCUT2D eigenvalue weighted by Crippen LogP contribution is -2.17. The quantitative estimate of drug-likeness (QED) is 0.690. The molecule has 0 aromatic rings. The average Bonchev–Trinajstić information content (AvgIpc) is 2.09. The Morgan fingerprint density at radius 2 is 1.75 bits per heavy atom. The van der Waals surface area contributed by atoms with Crippen LogP contribution in [0.5, 0.6) is 0 Å². The maximum absolute atomic E-state index is 8.82. The molecule has 0 amide bonds. The fraction of sp³-hybridized carbons (Fsp3) is 1.00. The molecule has 0 aliphatic heterocycles. The zero-order valence-corrected chi connectivity index (χ0v) is 9.30. The second kappa shape index (κ2) is 10.9. The van der Waals surface area contributed by atoms with Crippen molar-refractivity contribution in [3.05, 3.63) is 0 Å². The van der Waals surface area contributed by atoms with Gasteiger partial charge in [-0.1, -0.05) is 27.2 Å². The standard InChI is InChI=1S/C8H19NO.C2H6/c1-4-8(7-10)5-6-9(2)3;1-2/h8,10H,4-7H2,1-3H3;1-2H3. The minimum atomic E-state index is 0.338. The van der Waals surface area contributed by atoms with E-state index in [2.05, 4.69) is 25.9 Å². The highest BCUT2D eigenvalue weighted by Crippen LogP contribution is 2.06. The fourth-order valence-electron chi connectivity index (χ4n) is 0.865. The van der Waals surface area contributed by atoms with Gasteiger partial charge in [-0.3, -0.25) is 0 Å². The summed E-state index contributed by atoms with van der Waals surface area (Å²) >= 11 is 0. The molecule has 0 heterocycles. The third-order valence-corrected chi connectivity index (χ3v) is 1.82. The molecule has 0 spiro atoms. The minimum absolute atomic E-state index is 0.338. The highest BCUT2D eigenvalue weighted by Gasteiger charge is 2.03. The lowest BCUT2D eigenvalue weighted by molar-refractivity contribution is 0.203. The highest BCUT2D eigenvalue weighted by atomic mass is 16.3. The Labute approximate surface area is 77.6 Å². The normalized spacial score (nSPS) is 12.2. The van der Waals surface area contributed by atoms with Gasteiger partial charge in [0.05, 0.1) is 0 Å². The van der Waals surface area contributed by atoms with Crippen molar-refractivity contribution in [1.29, 1.82) is 0 Å². The van der Waals surface area contributed by atoms with E-state index in [1.807, 2.05) is 13.8 Å². The highest BCUT2D eigenvalue weighted by molar-refractivity contribution is 4.56. The number of aliphatic hydroxyl groups is 1. The molecule has 1 N–H and O–H groups in total. The van der Waals surface area contributed by atoms with Crippen molar-refractivity contribution >= 4 is 0 Å². The van der Waals surface area contributed by atoms with Crippen LogP contribution in [0.2, 0.25) is 0 Å². The molecule has 0 fully saturated rings. The molecule has 0 aromatic heterocycles. The van der Waals surface area contributed by atoms with Crippen LogP contribution in [0.25, 0.3) is 0 Å². The van der Waals surface area contributed by atoms with Crippen LogP contribution >= 0.6 is 0 Å². The summed E-state index contributed by atoms with van der Waals surface area (Å²) in [5.74, 6) is 0.502. The maximum Gasteiger partial charge on any atom is 0.0459 e. The van der Waals surface area contributed by atoms with Crippen LogP contribution in [0, 0.1) is 5.92 Å². The molecule has 1 atom stereocenters. The van der Waals surface area contributed by atoms with E-state index in [0.29, 0.717) is 12.5 Å². The van der Waals surface area contributed by atoms with E-state index in [4.69, 9.17) is 5.11 Å². The van der Waals surface area contributed by atoms with Gasteiger partial charge < -0.3 is 10.0 Å². The van der Waals surface area contributed by atoms with Crippen molar-refractivity contribution < 1.29 is 5.11 Å². The van der Waals surface area contributed by atoms with Crippen molar-refractivity contribution in [1.82, 2.24) is 4.90 Å². The van der Waals surface area contributed by atoms with Gasteiger partial charge in [-0.05, 0) is 33.0 Å². The van der Waals surface area contributed by atoms with Gasteiger partial charge in [0.15, 0.2) is 0 Å². The molecule has 0 aliphatic carbocycles. The van der Waals surface area contributed by atoms with Crippen molar-refractivity contribution in [2.75, 3.05) is 27.2 Å². The van der Waals surface area contributed by atoms with Crippen LogP contribution in [-0.4, -0.2) is 37.3 Å². The number of rotatable bonds is 5. The molecule has 0 saturated heterocycles. The third kappa shape index (κ3) is 9.92. The van der Waals surface area contributed by atoms with E-state index in [0.717, 1.165) is 19.4 Å². The largest absolute Gasteiger partial charge is 0.396 e. The second-order valence-corrected chi connectivity index (χ2v) is 3.05. The van der Waals surface area contributed by atoms with Crippen LogP contribution in [0.4, 0.5) is 0 Å². The predicted molar refractivity (Wildman–Crippen MR) is 55.4 cm³/mol. The monoisotopic (exact) mass is 175 g/mol. The Kier molecular flexibility index (Phi) is 13.1. The Balaban J connectivity index is 0. The first-order valence-corrected chi connectivity index (χ1v) is 4.96. The van der Waals surface area contributed by atoms with E-state index in [1.54, 1.807) is 0 Å². The summed E-state index contributed by atoms with van der Waals surface area (Å²) in [6.45, 7) is 7.54. The molecule has 0 rings (SSSR count). The average molecular weight is 175 g/mol. The molecule has 12 heavy (non-hydrogen) atoms. The molecule has 0 aromatic carbocycles. The predicted octanol–water partition coefficient (Wildman–Crippen LogP) is 1.98. The van der Waals surface area contributed by atoms with E-state index in [9.17, 15) is 0 Å². The van der Waals surface area contributed by atoms with Crippen LogP contribution < -0.4 is 0 Å². The van der Waals surface area contributed by atoms with Gasteiger partial charge in [-0.25, -0.2) is 0 Å². The fourth-order valence-corrected chi connectivity index (χ4v) is 0.865. The van der Waals surface area contributed by atoms with Gasteiger partial charge in [0.1, 0.15) is 0 Å². The first-order chi connectivity index (χ1) is 5.70. The molecule has 0 bridgehead atoms. The lowest BCUT2D eigenvalue weighted by atomic mass is 10.0. The van der Waals surface area contributed by atoms with Crippen LogP contribution in [0.3, 0.4) is 0 Å². The molecule has 0 aliphatic rings. The van der Waals surface area contributed by atoms with Crippen molar-refractivity contribution in [3.8, 4) is 0 Å². The molecule has 0 saturated carbocycles. The third-order valence-electron chi connectivity index (χ3n) is 1.82. The van der Waals surface area contributed by atoms with Gasteiger partial charge in [-0.15, -0.1) is 0 Å². The Morgan fingerprint density at radius 1 is 1.25 bits per heavy atom. The smallest absolute Gasteiger partial charge is 0.0459 e. The van der Waals surface area contributed by atoms with Crippen molar-refractivity contribution in [3.63, 3.8) is 0 Å². The summed E-state index contributed by atoms with van der Waals surface area (Å²) in [6, 6.07) is 0. The topological polar surface area (TPSA) is 23.5 Å². The molecular weight excluding hydrogens is 150 g/mol. The van der Waals surface area contributed by atoms with Crippen LogP contribution in [0.15, 0.2) is 0 Å². The minimum Gasteiger partial charge on any atom is -0.396 e. The molecular formula is C10H25NO. The zero-order chi connectivity index (χ0) is 9.98. The van der Waals surface area contributed by atoms with Gasteiger partial charge in [0, 0.05) is 6.61 Å². The van der Waals surface area contributed by atoms with E-state index in [-0.39, 0.29) is 0 Å². The zero-order valence-electron chi connectivity index (χ0n) is 9.30. The van der Waals surface area contributed by atoms with Crippen molar-refractivity contribution in [2.45, 2.75) is 33.6 Å². The number of hydrogen-bond acceptors (Lipinski definition) is 2. The Bertz CT molecular complexity index is 70.2. The van der Waals surface area contributed by atoms with Gasteiger partial charge in [0.2, 0.25) is 0 Å². The first-order valence-electron chi connectivity index (χ1n) is 4.96. The van der Waals surface area contributed by atoms with Crippen LogP contribution in [-0.2, 0) is 0 Å². The Hall–Kier alpha value is -0.0800. The first kappa shape index (κ1) is 14.4. The van der Waals surface area contributed by atoms with Crippen LogP contribution in [0.1, 0.15) is 33.6 Å². The molecule has 1 unspecified atom stereocenters. The summed E-state index contributed by atoms with van der Waals surface area (Å²) in [5, 5.41) is 8.82. The molecule has 76 valence electrons. The number of aliphatic hydroxyl groups excluding tert-OH is 1. The lowest BCUT2D eigenvalue weighted by Gasteiger charge is -2.14. The summed E-state index contributed by atoms with van der Waals surface area (Å²) in [5.41, 5.74) is 0. The molecule has 2 nitrogen and oxygen atoms in total. The van der Waals surface area contributed by atoms with Gasteiger partial charge in [-0.2, -0.15) is 0 Å². The SMILES string of the molecule is CC.CCC(CO)CCN(C)C. The maximum atomic E-state index is 8.82. The van der Waals surface area contributed by atoms with Crippen molar-refractivity contribution in [2.24, 2.45) is 5.92 Å². The molecule has 2 heteroatoms. The summed E-state index contributed by atoms with van der Waals surface area (Å²) in [4.78, 5) is 2.15. The summed E-state index contributed by atoms with van der Waals surface area (Å²) < 4.78 is 0. The summed E-state index contributed by atoms with van der Waals surface area (Å²) in [6.07, 6.45) is 2.20. The number of nitrogens with zero attached hydrogens (tertiary/aromatic N) is 1. The van der Waals surface area contributed by atoms with E-state index in [1.165, 1.54) is 0 Å². The number of hydrogen-bond donors (Lipinski definition) is 1. The molecule has 0 radical (unpaired) electrons. The van der Waals surface area contributed by atoms with Gasteiger partial charge >= 0.3 is 0 Å². The Morgan fingerprint density at radius 3 is 2.00 bits per heavy atom. The summed E-state index contributed by atoms with van der Waals surface area (Å²) in [7, 11) is 4.12. The second-order valence-electron chi connectivity index (χ2n) is 3.05.